The van der Waals surface area contributed by atoms with E-state index in [-0.39, 0.29) is 24.0 Å². The number of hydrogen-bond donors (Lipinski definition) is 3. The van der Waals surface area contributed by atoms with E-state index in [4.69, 9.17) is 5.73 Å². The SMILES string of the molecule is CCc1cc(CN2CCN(c3ccc(C(N)=O)cn3)CC2)ccc1CNc1cccc2c1C(=O)N(C1CCC(=O)NC1=O)C2=O. The van der Waals surface area contributed by atoms with E-state index in [0.29, 0.717) is 17.8 Å². The monoisotopic (exact) mass is 609 g/mol. The average molecular weight is 610 g/mol. The van der Waals surface area contributed by atoms with Crippen LogP contribution in [0.3, 0.4) is 0 Å². The van der Waals surface area contributed by atoms with Gasteiger partial charge in [0.1, 0.15) is 11.9 Å². The second kappa shape index (κ2) is 12.5. The first-order chi connectivity index (χ1) is 21.7. The van der Waals surface area contributed by atoms with E-state index in [0.717, 1.165) is 55.4 Å². The van der Waals surface area contributed by atoms with E-state index in [1.54, 1.807) is 24.3 Å². The molecule has 2 saturated heterocycles. The standard InChI is InChI=1S/C33H35N7O5/c1-2-21-16-20(19-38-12-14-39(15-13-38)27-10-8-23(18-36-27)30(34)42)6-7-22(21)17-35-25-5-3-4-24-29(25)33(45)40(32(24)44)26-9-11-28(41)37-31(26)43/h3-8,10,16,18,26,35H,2,9,11-15,17,19H2,1H3,(H2,34,42)(H,37,41,43). The lowest BCUT2D eigenvalue weighted by Gasteiger charge is -2.35. The number of aryl methyl sites for hydroxylation is 1. The van der Waals surface area contributed by atoms with Crippen molar-refractivity contribution in [3.8, 4) is 0 Å². The summed E-state index contributed by atoms with van der Waals surface area (Å²) < 4.78 is 0. The van der Waals surface area contributed by atoms with E-state index < -0.39 is 35.6 Å². The van der Waals surface area contributed by atoms with Crippen LogP contribution in [-0.2, 0) is 29.1 Å². The highest BCUT2D eigenvalue weighted by molar-refractivity contribution is 6.25. The molecule has 3 aliphatic rings. The van der Waals surface area contributed by atoms with Gasteiger partial charge in [-0.15, -0.1) is 0 Å². The van der Waals surface area contributed by atoms with Crippen molar-refractivity contribution in [2.45, 2.75) is 45.3 Å². The number of hydrogen-bond acceptors (Lipinski definition) is 9. The van der Waals surface area contributed by atoms with Crippen LogP contribution in [0.5, 0.6) is 0 Å². The molecule has 0 spiro atoms. The molecule has 5 amide bonds. The molecule has 0 saturated carbocycles. The molecular weight excluding hydrogens is 574 g/mol. The van der Waals surface area contributed by atoms with Gasteiger partial charge in [-0.25, -0.2) is 4.98 Å². The molecule has 6 rings (SSSR count). The molecular formula is C33H35N7O5. The van der Waals surface area contributed by atoms with Gasteiger partial charge in [-0.05, 0) is 53.8 Å². The number of pyridine rings is 1. The number of amides is 5. The first kappa shape index (κ1) is 29.9. The summed E-state index contributed by atoms with van der Waals surface area (Å²) >= 11 is 0. The van der Waals surface area contributed by atoms with Crippen LogP contribution >= 0.6 is 0 Å². The molecule has 1 unspecified atom stereocenters. The molecule has 0 radical (unpaired) electrons. The lowest BCUT2D eigenvalue weighted by molar-refractivity contribution is -0.136. The summed E-state index contributed by atoms with van der Waals surface area (Å²) in [6.07, 6.45) is 2.54. The largest absolute Gasteiger partial charge is 0.380 e. The molecule has 4 N–H and O–H groups in total. The van der Waals surface area contributed by atoms with Crippen molar-refractivity contribution in [1.82, 2.24) is 20.1 Å². The Morgan fingerprint density at radius 1 is 1.00 bits per heavy atom. The van der Waals surface area contributed by atoms with Crippen molar-refractivity contribution in [2.75, 3.05) is 36.4 Å². The summed E-state index contributed by atoms with van der Waals surface area (Å²) in [5.41, 5.74) is 10.3. The van der Waals surface area contributed by atoms with Crippen molar-refractivity contribution >= 4 is 41.0 Å². The summed E-state index contributed by atoms with van der Waals surface area (Å²) in [6, 6.07) is 14.1. The van der Waals surface area contributed by atoms with E-state index in [2.05, 4.69) is 50.5 Å². The fourth-order valence-corrected chi connectivity index (χ4v) is 6.24. The maximum atomic E-state index is 13.4. The Kier molecular flexibility index (Phi) is 8.31. The van der Waals surface area contributed by atoms with Crippen molar-refractivity contribution < 1.29 is 24.0 Å². The Hall–Kier alpha value is -5.10. The van der Waals surface area contributed by atoms with Gasteiger partial charge in [0.25, 0.3) is 11.8 Å². The van der Waals surface area contributed by atoms with Gasteiger partial charge in [-0.3, -0.25) is 39.1 Å². The van der Waals surface area contributed by atoms with E-state index in [1.165, 1.54) is 17.3 Å². The maximum absolute atomic E-state index is 13.4. The number of nitrogens with two attached hydrogens (primary N) is 1. The third kappa shape index (κ3) is 6.01. The molecule has 12 nitrogen and oxygen atoms in total. The van der Waals surface area contributed by atoms with Crippen molar-refractivity contribution in [2.24, 2.45) is 5.73 Å². The van der Waals surface area contributed by atoms with Gasteiger partial charge in [0, 0.05) is 57.6 Å². The maximum Gasteiger partial charge on any atom is 0.264 e. The second-order valence-electron chi connectivity index (χ2n) is 11.5. The van der Waals surface area contributed by atoms with Gasteiger partial charge < -0.3 is 16.0 Å². The number of carbonyl (C=O) groups is 5. The van der Waals surface area contributed by atoms with Crippen LogP contribution in [-0.4, -0.2) is 76.5 Å². The number of piperazine rings is 1. The number of imide groups is 2. The number of rotatable bonds is 9. The van der Waals surface area contributed by atoms with Gasteiger partial charge in [0.2, 0.25) is 17.7 Å². The number of aromatic nitrogens is 1. The van der Waals surface area contributed by atoms with Crippen LogP contribution in [0.4, 0.5) is 11.5 Å². The Bertz CT molecular complexity index is 1680. The van der Waals surface area contributed by atoms with E-state index in [1.807, 2.05) is 6.07 Å². The normalized spacial score (nSPS) is 18.6. The third-order valence-corrected chi connectivity index (χ3v) is 8.72. The van der Waals surface area contributed by atoms with Crippen LogP contribution in [0.25, 0.3) is 0 Å². The Morgan fingerprint density at radius 3 is 2.49 bits per heavy atom. The molecule has 2 fully saturated rings. The lowest BCUT2D eigenvalue weighted by atomic mass is 10.0. The van der Waals surface area contributed by atoms with Gasteiger partial charge in [-0.1, -0.05) is 31.2 Å². The Morgan fingerprint density at radius 2 is 1.80 bits per heavy atom. The van der Waals surface area contributed by atoms with Crippen LogP contribution < -0.4 is 21.3 Å². The second-order valence-corrected chi connectivity index (χ2v) is 11.5. The van der Waals surface area contributed by atoms with Gasteiger partial charge in [0.05, 0.1) is 16.7 Å². The summed E-state index contributed by atoms with van der Waals surface area (Å²) in [5, 5.41) is 5.59. The number of benzene rings is 2. The first-order valence-electron chi connectivity index (χ1n) is 15.2. The summed E-state index contributed by atoms with van der Waals surface area (Å²) in [5.74, 6) is -1.73. The number of anilines is 2. The van der Waals surface area contributed by atoms with Crippen molar-refractivity contribution in [3.63, 3.8) is 0 Å². The minimum absolute atomic E-state index is 0.0759. The fraction of sp³-hybridized carbons (Fsp3) is 0.333. The van der Waals surface area contributed by atoms with Crippen LogP contribution in [0.2, 0.25) is 0 Å². The number of primary amides is 1. The average Bonchev–Trinajstić information content (AvgIpc) is 3.30. The zero-order valence-electron chi connectivity index (χ0n) is 25.0. The highest BCUT2D eigenvalue weighted by Gasteiger charge is 2.45. The highest BCUT2D eigenvalue weighted by atomic mass is 16.2. The molecule has 45 heavy (non-hydrogen) atoms. The summed E-state index contributed by atoms with van der Waals surface area (Å²) in [4.78, 5) is 72.0. The molecule has 232 valence electrons. The fourth-order valence-electron chi connectivity index (χ4n) is 6.24. The molecule has 4 heterocycles. The van der Waals surface area contributed by atoms with E-state index >= 15 is 0 Å². The number of nitrogens with one attached hydrogen (secondary N) is 2. The summed E-state index contributed by atoms with van der Waals surface area (Å²) in [7, 11) is 0. The lowest BCUT2D eigenvalue weighted by Crippen LogP contribution is -2.54. The van der Waals surface area contributed by atoms with Gasteiger partial charge >= 0.3 is 0 Å². The molecule has 3 aromatic rings. The number of piperidine rings is 1. The topological polar surface area (TPSA) is 158 Å². The van der Waals surface area contributed by atoms with Gasteiger partial charge in [-0.2, -0.15) is 0 Å². The predicted molar refractivity (Wildman–Crippen MR) is 167 cm³/mol. The van der Waals surface area contributed by atoms with Crippen molar-refractivity contribution in [1.29, 1.82) is 0 Å². The predicted octanol–water partition coefficient (Wildman–Crippen LogP) is 2.08. The molecule has 1 atom stereocenters. The molecule has 1 aromatic heterocycles. The van der Waals surface area contributed by atoms with E-state index in [9.17, 15) is 24.0 Å². The summed E-state index contributed by atoms with van der Waals surface area (Å²) in [6.45, 7) is 6.81. The molecule has 12 heteroatoms. The highest BCUT2D eigenvalue weighted by Crippen LogP contribution is 2.33. The number of fused-ring (bicyclic) bond motifs is 1. The Balaban J connectivity index is 1.09. The minimum atomic E-state index is -1.00. The minimum Gasteiger partial charge on any atom is -0.380 e. The molecule has 0 bridgehead atoms. The molecule has 0 aliphatic carbocycles. The number of nitrogens with zero attached hydrogens (tertiary/aromatic N) is 4. The van der Waals surface area contributed by atoms with Crippen LogP contribution in [0.1, 0.15) is 67.5 Å². The molecule has 3 aliphatic heterocycles. The number of carbonyl (C=O) groups excluding carboxylic acids is 5. The van der Waals surface area contributed by atoms with Crippen LogP contribution in [0, 0.1) is 0 Å². The molecule has 2 aromatic carbocycles. The first-order valence-corrected chi connectivity index (χ1v) is 15.2. The zero-order chi connectivity index (χ0) is 31.7. The Labute approximate surface area is 260 Å². The third-order valence-electron chi connectivity index (χ3n) is 8.72. The van der Waals surface area contributed by atoms with Crippen LogP contribution in [0.15, 0.2) is 54.7 Å². The van der Waals surface area contributed by atoms with Crippen molar-refractivity contribution in [3.05, 3.63) is 88.1 Å². The zero-order valence-corrected chi connectivity index (χ0v) is 25.0. The smallest absolute Gasteiger partial charge is 0.264 e. The van der Waals surface area contributed by atoms with Gasteiger partial charge in [0.15, 0.2) is 0 Å². The quantitative estimate of drug-likeness (QED) is 0.309.